The second-order valence-corrected chi connectivity index (χ2v) is 9.16. The van der Waals surface area contributed by atoms with Gasteiger partial charge >= 0.3 is 0 Å². The van der Waals surface area contributed by atoms with Gasteiger partial charge in [-0.15, -0.1) is 0 Å². The van der Waals surface area contributed by atoms with Crippen molar-refractivity contribution in [2.75, 3.05) is 18.0 Å². The molecule has 1 aliphatic heterocycles. The molecule has 4 rings (SSSR count). The molecule has 1 aromatic carbocycles. The van der Waals surface area contributed by atoms with Crippen LogP contribution in [0.2, 0.25) is 5.02 Å². The highest BCUT2D eigenvalue weighted by Crippen LogP contribution is 2.28. The molecule has 2 fully saturated rings. The van der Waals surface area contributed by atoms with Gasteiger partial charge in [0.25, 0.3) is 5.91 Å². The third-order valence-corrected chi connectivity index (χ3v) is 6.47. The molecule has 2 heterocycles. The first kappa shape index (κ1) is 21.3. The highest BCUT2D eigenvalue weighted by molar-refractivity contribution is 6.31. The number of benzene rings is 1. The van der Waals surface area contributed by atoms with Crippen LogP contribution in [0.25, 0.3) is 10.9 Å². The number of amides is 1. The SMILES string of the molecule is CC(N)NC(=O)c1cc2ccc(Cl)cc2nc1N1CCC(NC2CCCCC2)CC1. The van der Waals surface area contributed by atoms with E-state index >= 15 is 0 Å². The molecular formula is C23H32ClN5O. The van der Waals surface area contributed by atoms with Crippen LogP contribution in [0.1, 0.15) is 62.2 Å². The monoisotopic (exact) mass is 429 g/mol. The van der Waals surface area contributed by atoms with Gasteiger partial charge < -0.3 is 21.3 Å². The number of anilines is 1. The van der Waals surface area contributed by atoms with Gasteiger partial charge in [-0.1, -0.05) is 36.9 Å². The van der Waals surface area contributed by atoms with Gasteiger partial charge in [0.05, 0.1) is 17.2 Å². The van der Waals surface area contributed by atoms with Crippen molar-refractivity contribution >= 4 is 34.2 Å². The Morgan fingerprint density at radius 3 is 2.53 bits per heavy atom. The van der Waals surface area contributed by atoms with Crippen LogP contribution in [-0.4, -0.2) is 42.2 Å². The Labute approximate surface area is 183 Å². The number of aromatic nitrogens is 1. The number of pyridine rings is 1. The summed E-state index contributed by atoms with van der Waals surface area (Å²) in [4.78, 5) is 19.9. The van der Waals surface area contributed by atoms with E-state index in [0.29, 0.717) is 22.7 Å². The maximum absolute atomic E-state index is 12.9. The van der Waals surface area contributed by atoms with E-state index in [-0.39, 0.29) is 5.91 Å². The summed E-state index contributed by atoms with van der Waals surface area (Å²) < 4.78 is 0. The Morgan fingerprint density at radius 1 is 1.13 bits per heavy atom. The van der Waals surface area contributed by atoms with Crippen molar-refractivity contribution in [3.05, 3.63) is 34.9 Å². The summed E-state index contributed by atoms with van der Waals surface area (Å²) in [6.45, 7) is 3.51. The van der Waals surface area contributed by atoms with E-state index in [1.165, 1.54) is 32.1 Å². The molecule has 1 saturated carbocycles. The smallest absolute Gasteiger partial charge is 0.256 e. The lowest BCUT2D eigenvalue weighted by molar-refractivity contribution is 0.0941. The fourth-order valence-corrected chi connectivity index (χ4v) is 4.85. The molecule has 1 atom stereocenters. The van der Waals surface area contributed by atoms with E-state index in [4.69, 9.17) is 22.3 Å². The second-order valence-electron chi connectivity index (χ2n) is 8.72. The fourth-order valence-electron chi connectivity index (χ4n) is 4.68. The summed E-state index contributed by atoms with van der Waals surface area (Å²) in [5.74, 6) is 0.533. The van der Waals surface area contributed by atoms with Crippen LogP contribution in [0.5, 0.6) is 0 Å². The molecule has 2 aliphatic rings. The average Bonchev–Trinajstić information content (AvgIpc) is 2.73. The molecule has 0 radical (unpaired) electrons. The Balaban J connectivity index is 1.53. The molecule has 1 saturated heterocycles. The molecule has 2 aromatic rings. The molecule has 6 nitrogen and oxygen atoms in total. The zero-order chi connectivity index (χ0) is 21.1. The van der Waals surface area contributed by atoms with Gasteiger partial charge in [0.1, 0.15) is 5.82 Å². The maximum Gasteiger partial charge on any atom is 0.256 e. The van der Waals surface area contributed by atoms with E-state index in [9.17, 15) is 4.79 Å². The minimum absolute atomic E-state index is 0.188. The molecule has 30 heavy (non-hydrogen) atoms. The molecule has 162 valence electrons. The molecule has 7 heteroatoms. The second kappa shape index (κ2) is 9.50. The topological polar surface area (TPSA) is 83.3 Å². The Morgan fingerprint density at radius 2 is 1.83 bits per heavy atom. The molecule has 4 N–H and O–H groups in total. The third-order valence-electron chi connectivity index (χ3n) is 6.23. The van der Waals surface area contributed by atoms with Crippen molar-refractivity contribution in [1.82, 2.24) is 15.6 Å². The molecule has 1 aliphatic carbocycles. The summed E-state index contributed by atoms with van der Waals surface area (Å²) in [5, 5.41) is 8.22. The Kier molecular flexibility index (Phi) is 6.76. The van der Waals surface area contributed by atoms with Crippen LogP contribution in [0.4, 0.5) is 5.82 Å². The summed E-state index contributed by atoms with van der Waals surface area (Å²) in [6.07, 6.45) is 8.36. The first-order valence-corrected chi connectivity index (χ1v) is 11.5. The van der Waals surface area contributed by atoms with Crippen molar-refractivity contribution < 1.29 is 4.79 Å². The quantitative estimate of drug-likeness (QED) is 0.629. The van der Waals surface area contributed by atoms with Crippen molar-refractivity contribution in [2.45, 2.75) is 70.1 Å². The number of nitrogens with one attached hydrogen (secondary N) is 2. The van der Waals surface area contributed by atoms with Gasteiger partial charge in [0, 0.05) is 35.6 Å². The zero-order valence-electron chi connectivity index (χ0n) is 17.7. The average molecular weight is 430 g/mol. The number of piperidine rings is 1. The van der Waals surface area contributed by atoms with E-state index in [1.54, 1.807) is 6.92 Å². The lowest BCUT2D eigenvalue weighted by Crippen LogP contribution is -2.47. The lowest BCUT2D eigenvalue weighted by atomic mass is 9.93. The number of carbonyl (C=O) groups is 1. The molecular weight excluding hydrogens is 398 g/mol. The minimum atomic E-state index is -0.420. The normalized spacial score (nSPS) is 19.8. The Bertz CT molecular complexity index is 889. The number of carbonyl (C=O) groups excluding carboxylic acids is 1. The summed E-state index contributed by atoms with van der Waals surface area (Å²) in [7, 11) is 0. The predicted molar refractivity (Wildman–Crippen MR) is 123 cm³/mol. The predicted octanol–water partition coefficient (Wildman–Crippen LogP) is 3.81. The van der Waals surface area contributed by atoms with Crippen LogP contribution in [0.3, 0.4) is 0 Å². The zero-order valence-corrected chi connectivity index (χ0v) is 18.4. The third kappa shape index (κ3) is 5.05. The highest BCUT2D eigenvalue weighted by Gasteiger charge is 2.26. The molecule has 0 bridgehead atoms. The maximum atomic E-state index is 12.9. The van der Waals surface area contributed by atoms with Crippen molar-refractivity contribution in [2.24, 2.45) is 5.73 Å². The van der Waals surface area contributed by atoms with Crippen LogP contribution in [0, 0.1) is 0 Å². The standard InChI is InChI=1S/C23H32ClN5O/c1-15(25)26-23(30)20-13-16-7-8-17(24)14-21(16)28-22(20)29-11-9-19(10-12-29)27-18-5-3-2-4-6-18/h7-8,13-15,18-19,27H,2-6,9-12,25H2,1H3,(H,26,30). The summed E-state index contributed by atoms with van der Waals surface area (Å²) in [5.41, 5.74) is 7.18. The number of rotatable bonds is 5. The van der Waals surface area contributed by atoms with Crippen LogP contribution >= 0.6 is 11.6 Å². The number of nitrogens with two attached hydrogens (primary N) is 1. The van der Waals surface area contributed by atoms with Crippen molar-refractivity contribution in [3.8, 4) is 0 Å². The lowest BCUT2D eigenvalue weighted by Gasteiger charge is -2.36. The summed E-state index contributed by atoms with van der Waals surface area (Å²) >= 11 is 6.18. The van der Waals surface area contributed by atoms with Crippen LogP contribution < -0.4 is 21.3 Å². The van der Waals surface area contributed by atoms with Gasteiger partial charge in [0.2, 0.25) is 0 Å². The number of halogens is 1. The molecule has 1 amide bonds. The van der Waals surface area contributed by atoms with E-state index in [2.05, 4.69) is 15.5 Å². The Hall–Kier alpha value is -1.89. The van der Waals surface area contributed by atoms with Crippen molar-refractivity contribution in [1.29, 1.82) is 0 Å². The number of fused-ring (bicyclic) bond motifs is 1. The van der Waals surface area contributed by atoms with Crippen LogP contribution in [-0.2, 0) is 0 Å². The van der Waals surface area contributed by atoms with Gasteiger partial charge in [-0.3, -0.25) is 4.79 Å². The molecule has 1 unspecified atom stereocenters. The van der Waals surface area contributed by atoms with Gasteiger partial charge in [-0.05, 0) is 50.8 Å². The molecule has 1 aromatic heterocycles. The fraction of sp³-hybridized carbons (Fsp3) is 0.565. The van der Waals surface area contributed by atoms with E-state index < -0.39 is 6.17 Å². The van der Waals surface area contributed by atoms with Gasteiger partial charge in [0.15, 0.2) is 0 Å². The number of hydrogen-bond donors (Lipinski definition) is 3. The number of hydrogen-bond acceptors (Lipinski definition) is 5. The molecule has 0 spiro atoms. The largest absolute Gasteiger partial charge is 0.356 e. The highest BCUT2D eigenvalue weighted by atomic mass is 35.5. The van der Waals surface area contributed by atoms with Crippen molar-refractivity contribution in [3.63, 3.8) is 0 Å². The van der Waals surface area contributed by atoms with Crippen LogP contribution in [0.15, 0.2) is 24.3 Å². The van der Waals surface area contributed by atoms with Gasteiger partial charge in [-0.2, -0.15) is 0 Å². The summed E-state index contributed by atoms with van der Waals surface area (Å²) in [6, 6.07) is 8.69. The van der Waals surface area contributed by atoms with E-state index in [1.807, 2.05) is 24.3 Å². The van der Waals surface area contributed by atoms with Gasteiger partial charge in [-0.25, -0.2) is 4.98 Å². The first-order valence-electron chi connectivity index (χ1n) is 11.2. The minimum Gasteiger partial charge on any atom is -0.356 e. The van der Waals surface area contributed by atoms with E-state index in [0.717, 1.165) is 42.7 Å². The first-order chi connectivity index (χ1) is 14.5. The number of nitrogens with zero attached hydrogens (tertiary/aromatic N) is 2.